The number of nitrogens with zero attached hydrogens (tertiary/aromatic N) is 5. The van der Waals surface area contributed by atoms with Crippen LogP contribution in [0, 0.1) is 0 Å². The molecule has 0 unspecified atom stereocenters. The molecule has 0 amide bonds. The Morgan fingerprint density at radius 2 is 1.96 bits per heavy atom. The molecular formula is C18H19N7. The molecule has 25 heavy (non-hydrogen) atoms. The summed E-state index contributed by atoms with van der Waals surface area (Å²) in [4.78, 5) is 10.5. The molecule has 0 aromatic carbocycles. The lowest BCUT2D eigenvalue weighted by molar-refractivity contribution is 0.231. The number of piperazine rings is 1. The van der Waals surface area contributed by atoms with E-state index in [2.05, 4.69) is 42.5 Å². The second kappa shape index (κ2) is 5.94. The molecule has 5 heterocycles. The predicted molar refractivity (Wildman–Crippen MR) is 96.2 cm³/mol. The zero-order valence-corrected chi connectivity index (χ0v) is 13.8. The second-order valence-corrected chi connectivity index (χ2v) is 6.40. The van der Waals surface area contributed by atoms with Crippen LogP contribution in [-0.4, -0.2) is 55.9 Å². The second-order valence-electron chi connectivity index (χ2n) is 6.40. The normalized spacial score (nSPS) is 16.0. The van der Waals surface area contributed by atoms with Crippen molar-refractivity contribution in [3.05, 3.63) is 48.5 Å². The summed E-state index contributed by atoms with van der Waals surface area (Å²) in [6.45, 7) is 5.19. The summed E-state index contributed by atoms with van der Waals surface area (Å²) in [5, 5.41) is 13.1. The van der Waals surface area contributed by atoms with Gasteiger partial charge in [-0.3, -0.25) is 4.90 Å². The highest BCUT2D eigenvalue weighted by Gasteiger charge is 2.15. The Hall–Kier alpha value is -2.77. The average Bonchev–Trinajstić information content (AvgIpc) is 3.26. The number of fused-ring (bicyclic) bond motifs is 2. The maximum absolute atomic E-state index is 4.52. The Morgan fingerprint density at radius 1 is 1.04 bits per heavy atom. The third-order valence-electron chi connectivity index (χ3n) is 4.79. The molecule has 7 heteroatoms. The first-order chi connectivity index (χ1) is 12.4. The van der Waals surface area contributed by atoms with Crippen LogP contribution >= 0.6 is 0 Å². The van der Waals surface area contributed by atoms with Gasteiger partial charge in [0.1, 0.15) is 5.65 Å². The Kier molecular flexibility index (Phi) is 3.46. The Morgan fingerprint density at radius 3 is 2.88 bits per heavy atom. The topological polar surface area (TPSA) is 74.1 Å². The van der Waals surface area contributed by atoms with Gasteiger partial charge in [-0.25, -0.2) is 4.98 Å². The molecule has 2 N–H and O–H groups in total. The minimum absolute atomic E-state index is 0.922. The van der Waals surface area contributed by atoms with Crippen LogP contribution in [0.2, 0.25) is 0 Å². The minimum Gasteiger partial charge on any atom is -0.342 e. The van der Waals surface area contributed by atoms with Crippen molar-refractivity contribution in [2.45, 2.75) is 6.54 Å². The molecule has 0 radical (unpaired) electrons. The van der Waals surface area contributed by atoms with Crippen LogP contribution in [0.4, 0.5) is 0 Å². The number of pyridine rings is 1. The standard InChI is InChI=1S/C18H19N7/c1-2-17-16(11-22-25(17)21-4-1)14-3-5-20-18-15(14)10-13(23-18)12-24-8-6-19-7-9-24/h1-5,10-11,19H,6-9,12H2,(H,20,23). The number of aromatic nitrogens is 5. The Bertz CT molecular complexity index is 1030. The van der Waals surface area contributed by atoms with E-state index in [1.807, 2.05) is 24.5 Å². The number of hydrogen-bond acceptors (Lipinski definition) is 5. The zero-order chi connectivity index (χ0) is 16.6. The van der Waals surface area contributed by atoms with Gasteiger partial charge in [-0.05, 0) is 29.8 Å². The molecule has 0 aliphatic carbocycles. The molecule has 0 bridgehead atoms. The summed E-state index contributed by atoms with van der Waals surface area (Å²) >= 11 is 0. The van der Waals surface area contributed by atoms with E-state index in [9.17, 15) is 0 Å². The SMILES string of the molecule is c1cnn2ncc(-c3ccnc4[nH]c(CN5CCNCC5)cc34)c2c1. The van der Waals surface area contributed by atoms with Gasteiger partial charge in [-0.1, -0.05) is 0 Å². The number of rotatable bonds is 3. The van der Waals surface area contributed by atoms with Crippen LogP contribution < -0.4 is 5.32 Å². The van der Waals surface area contributed by atoms with Crippen LogP contribution in [0.25, 0.3) is 27.7 Å². The first-order valence-electron chi connectivity index (χ1n) is 8.57. The van der Waals surface area contributed by atoms with E-state index in [-0.39, 0.29) is 0 Å². The van der Waals surface area contributed by atoms with Gasteiger partial charge in [-0.15, -0.1) is 0 Å². The summed E-state index contributed by atoms with van der Waals surface area (Å²) in [5.41, 5.74) is 5.33. The highest BCUT2D eigenvalue weighted by atomic mass is 15.4. The van der Waals surface area contributed by atoms with Gasteiger partial charge in [0.25, 0.3) is 0 Å². The monoisotopic (exact) mass is 333 g/mol. The van der Waals surface area contributed by atoms with Crippen molar-refractivity contribution in [3.8, 4) is 11.1 Å². The fourth-order valence-electron chi connectivity index (χ4n) is 3.55. The molecule has 0 spiro atoms. The molecule has 1 aliphatic heterocycles. The summed E-state index contributed by atoms with van der Waals surface area (Å²) in [7, 11) is 0. The molecule has 1 fully saturated rings. The number of H-pyrrole nitrogens is 1. The van der Waals surface area contributed by atoms with Gasteiger partial charge in [0.2, 0.25) is 0 Å². The maximum atomic E-state index is 4.52. The minimum atomic E-state index is 0.922. The van der Waals surface area contributed by atoms with Crippen molar-refractivity contribution in [1.29, 1.82) is 0 Å². The summed E-state index contributed by atoms with van der Waals surface area (Å²) in [6.07, 6.45) is 5.47. The van der Waals surface area contributed by atoms with E-state index >= 15 is 0 Å². The van der Waals surface area contributed by atoms with Crippen LogP contribution in [0.5, 0.6) is 0 Å². The van der Waals surface area contributed by atoms with Gasteiger partial charge >= 0.3 is 0 Å². The van der Waals surface area contributed by atoms with Crippen molar-refractivity contribution in [2.75, 3.05) is 26.2 Å². The number of nitrogens with one attached hydrogen (secondary N) is 2. The predicted octanol–water partition coefficient (Wildman–Crippen LogP) is 1.68. The van der Waals surface area contributed by atoms with Crippen LogP contribution in [0.15, 0.2) is 42.9 Å². The van der Waals surface area contributed by atoms with E-state index < -0.39 is 0 Å². The number of hydrogen-bond donors (Lipinski definition) is 2. The molecule has 1 aliphatic rings. The summed E-state index contributed by atoms with van der Waals surface area (Å²) in [6, 6.07) is 8.25. The van der Waals surface area contributed by atoms with Crippen LogP contribution in [0.1, 0.15) is 5.69 Å². The van der Waals surface area contributed by atoms with Crippen LogP contribution in [0.3, 0.4) is 0 Å². The molecule has 5 rings (SSSR count). The van der Waals surface area contributed by atoms with Gasteiger partial charge in [-0.2, -0.15) is 14.8 Å². The van der Waals surface area contributed by atoms with E-state index in [1.54, 1.807) is 10.8 Å². The smallest absolute Gasteiger partial charge is 0.138 e. The summed E-state index contributed by atoms with van der Waals surface area (Å²) < 4.78 is 1.66. The van der Waals surface area contributed by atoms with E-state index in [1.165, 1.54) is 5.69 Å². The lowest BCUT2D eigenvalue weighted by atomic mass is 10.1. The molecule has 0 atom stereocenters. The van der Waals surface area contributed by atoms with Crippen molar-refractivity contribution >= 4 is 16.6 Å². The van der Waals surface area contributed by atoms with Crippen molar-refractivity contribution in [3.63, 3.8) is 0 Å². The third-order valence-corrected chi connectivity index (χ3v) is 4.79. The molecule has 4 aromatic heterocycles. The summed E-state index contributed by atoms with van der Waals surface area (Å²) in [5.74, 6) is 0. The van der Waals surface area contributed by atoms with E-state index in [4.69, 9.17) is 0 Å². The average molecular weight is 333 g/mol. The lowest BCUT2D eigenvalue weighted by Gasteiger charge is -2.26. The van der Waals surface area contributed by atoms with Gasteiger partial charge in [0.05, 0.1) is 11.7 Å². The highest BCUT2D eigenvalue weighted by molar-refractivity contribution is 5.97. The fraction of sp³-hybridized carbons (Fsp3) is 0.278. The molecule has 1 saturated heterocycles. The number of aromatic amines is 1. The van der Waals surface area contributed by atoms with Crippen molar-refractivity contribution < 1.29 is 0 Å². The molecule has 7 nitrogen and oxygen atoms in total. The zero-order valence-electron chi connectivity index (χ0n) is 13.8. The van der Waals surface area contributed by atoms with Crippen molar-refractivity contribution in [2.24, 2.45) is 0 Å². The third kappa shape index (κ3) is 2.57. The largest absolute Gasteiger partial charge is 0.342 e. The highest BCUT2D eigenvalue weighted by Crippen LogP contribution is 2.31. The van der Waals surface area contributed by atoms with E-state index in [0.29, 0.717) is 0 Å². The lowest BCUT2D eigenvalue weighted by Crippen LogP contribution is -2.42. The Balaban J connectivity index is 1.57. The molecule has 4 aromatic rings. The van der Waals surface area contributed by atoms with Gasteiger partial charge < -0.3 is 10.3 Å². The van der Waals surface area contributed by atoms with Crippen LogP contribution in [-0.2, 0) is 6.54 Å². The van der Waals surface area contributed by atoms with Crippen molar-refractivity contribution in [1.82, 2.24) is 35.0 Å². The molecule has 126 valence electrons. The Labute approximate surface area is 144 Å². The first-order valence-corrected chi connectivity index (χ1v) is 8.57. The first kappa shape index (κ1) is 14.6. The molecule has 0 saturated carbocycles. The quantitative estimate of drug-likeness (QED) is 0.597. The maximum Gasteiger partial charge on any atom is 0.138 e. The van der Waals surface area contributed by atoms with Gasteiger partial charge in [0.15, 0.2) is 0 Å². The molecular weight excluding hydrogens is 314 g/mol. The van der Waals surface area contributed by atoms with Gasteiger partial charge in [0, 0.05) is 61.8 Å². The fourth-order valence-corrected chi connectivity index (χ4v) is 3.55. The van der Waals surface area contributed by atoms with E-state index in [0.717, 1.165) is 60.4 Å².